The Kier molecular flexibility index (Phi) is 3.49. The van der Waals surface area contributed by atoms with E-state index in [-0.39, 0.29) is 5.56 Å². The lowest BCUT2D eigenvalue weighted by atomic mass is 10.3. The van der Waals surface area contributed by atoms with Crippen molar-refractivity contribution in [2.24, 2.45) is 7.05 Å². The number of thioether (sulfide) groups is 1. The summed E-state index contributed by atoms with van der Waals surface area (Å²) in [5.41, 5.74) is 2.80. The second kappa shape index (κ2) is 5.13. The normalized spacial score (nSPS) is 13.8. The maximum atomic E-state index is 11.9. The second-order valence-corrected chi connectivity index (χ2v) is 6.25. The predicted molar refractivity (Wildman–Crippen MR) is 77.4 cm³/mol. The van der Waals surface area contributed by atoms with Gasteiger partial charge >= 0.3 is 0 Å². The molecule has 2 aromatic heterocycles. The highest BCUT2D eigenvalue weighted by atomic mass is 79.9. The number of imidazole rings is 1. The molecule has 2 aromatic rings. The van der Waals surface area contributed by atoms with Crippen LogP contribution >= 0.6 is 27.7 Å². The number of hydrogen-bond acceptors (Lipinski definition) is 4. The van der Waals surface area contributed by atoms with Crippen LogP contribution in [0, 0.1) is 0 Å². The molecule has 19 heavy (non-hydrogen) atoms. The van der Waals surface area contributed by atoms with Crippen molar-refractivity contribution in [3.8, 4) is 0 Å². The van der Waals surface area contributed by atoms with E-state index in [1.54, 1.807) is 6.33 Å². The Hall–Kier alpha value is -1.08. The lowest BCUT2D eigenvalue weighted by molar-refractivity contribution is 0.868. The summed E-state index contributed by atoms with van der Waals surface area (Å²) < 4.78 is 2.87. The van der Waals surface area contributed by atoms with Crippen LogP contribution in [0.1, 0.15) is 23.4 Å². The maximum absolute atomic E-state index is 11.9. The zero-order chi connectivity index (χ0) is 13.4. The van der Waals surface area contributed by atoms with Gasteiger partial charge in [-0.2, -0.15) is 0 Å². The van der Waals surface area contributed by atoms with Crippen molar-refractivity contribution in [2.45, 2.75) is 30.2 Å². The van der Waals surface area contributed by atoms with Crippen molar-refractivity contribution >= 4 is 27.7 Å². The van der Waals surface area contributed by atoms with E-state index < -0.39 is 0 Å². The first-order valence-corrected chi connectivity index (χ1v) is 7.83. The molecule has 0 fully saturated rings. The Morgan fingerprint density at radius 2 is 2.37 bits per heavy atom. The van der Waals surface area contributed by atoms with Crippen LogP contribution in [0.5, 0.6) is 0 Å². The van der Waals surface area contributed by atoms with Crippen molar-refractivity contribution in [3.63, 3.8) is 0 Å². The van der Waals surface area contributed by atoms with E-state index in [0.29, 0.717) is 10.9 Å². The predicted octanol–water partition coefficient (Wildman–Crippen LogP) is 2.05. The summed E-state index contributed by atoms with van der Waals surface area (Å²) in [6, 6.07) is 0. The molecule has 1 aliphatic rings. The molecule has 0 amide bonds. The third kappa shape index (κ3) is 2.49. The Morgan fingerprint density at radius 1 is 1.53 bits per heavy atom. The zero-order valence-corrected chi connectivity index (χ0v) is 12.8. The first-order valence-electron chi connectivity index (χ1n) is 6.05. The Balaban J connectivity index is 1.79. The summed E-state index contributed by atoms with van der Waals surface area (Å²) in [7, 11) is 1.93. The number of H-pyrrole nitrogens is 1. The molecule has 0 spiro atoms. The highest BCUT2D eigenvalue weighted by molar-refractivity contribution is 9.10. The number of aromatic amines is 1. The van der Waals surface area contributed by atoms with Crippen LogP contribution in [0.25, 0.3) is 0 Å². The summed E-state index contributed by atoms with van der Waals surface area (Å²) in [5.74, 6) is 0.684. The van der Waals surface area contributed by atoms with Crippen molar-refractivity contribution in [1.82, 2.24) is 19.5 Å². The molecule has 1 N–H and O–H groups in total. The zero-order valence-electron chi connectivity index (χ0n) is 10.4. The van der Waals surface area contributed by atoms with Gasteiger partial charge in [0.25, 0.3) is 5.56 Å². The summed E-state index contributed by atoms with van der Waals surface area (Å²) in [6.07, 6.45) is 4.57. The van der Waals surface area contributed by atoms with E-state index >= 15 is 0 Å². The molecular weight excluding hydrogens is 328 g/mol. The third-order valence-corrected chi connectivity index (χ3v) is 5.10. The van der Waals surface area contributed by atoms with Gasteiger partial charge in [0.1, 0.15) is 4.60 Å². The van der Waals surface area contributed by atoms with Crippen molar-refractivity contribution in [1.29, 1.82) is 0 Å². The van der Waals surface area contributed by atoms with Gasteiger partial charge in [0.15, 0.2) is 5.16 Å². The SMILES string of the molecule is Cn1cnc(CSc2nc3c(c(=O)[nH]2)CCC3)c1Br. The van der Waals surface area contributed by atoms with Crippen LogP contribution in [0.15, 0.2) is 20.9 Å². The smallest absolute Gasteiger partial charge is 0.254 e. The van der Waals surface area contributed by atoms with E-state index in [2.05, 4.69) is 30.9 Å². The van der Waals surface area contributed by atoms with Crippen molar-refractivity contribution in [2.75, 3.05) is 0 Å². The van der Waals surface area contributed by atoms with Crippen LogP contribution in [0.4, 0.5) is 0 Å². The highest BCUT2D eigenvalue weighted by Gasteiger charge is 2.17. The van der Waals surface area contributed by atoms with Crippen LogP contribution in [0.3, 0.4) is 0 Å². The molecule has 0 bridgehead atoms. The Labute approximate surface area is 123 Å². The average Bonchev–Trinajstić information content (AvgIpc) is 2.97. The van der Waals surface area contributed by atoms with E-state index in [4.69, 9.17) is 0 Å². The molecule has 0 unspecified atom stereocenters. The number of fused-ring (bicyclic) bond motifs is 1. The summed E-state index contributed by atoms with van der Waals surface area (Å²) in [5, 5.41) is 0.684. The van der Waals surface area contributed by atoms with Gasteiger partial charge in [0.2, 0.25) is 0 Å². The molecule has 3 rings (SSSR count). The number of nitrogens with zero attached hydrogens (tertiary/aromatic N) is 3. The molecule has 7 heteroatoms. The molecular formula is C12H13BrN4OS. The third-order valence-electron chi connectivity index (χ3n) is 3.20. The van der Waals surface area contributed by atoms with E-state index in [1.165, 1.54) is 11.8 Å². The van der Waals surface area contributed by atoms with E-state index in [1.807, 2.05) is 11.6 Å². The highest BCUT2D eigenvalue weighted by Crippen LogP contribution is 2.24. The summed E-state index contributed by atoms with van der Waals surface area (Å²) in [6.45, 7) is 0. The van der Waals surface area contributed by atoms with Crippen LogP contribution < -0.4 is 5.56 Å². The molecule has 2 heterocycles. The minimum Gasteiger partial charge on any atom is -0.328 e. The fourth-order valence-corrected chi connectivity index (χ4v) is 3.53. The lowest BCUT2D eigenvalue weighted by Gasteiger charge is -2.03. The Morgan fingerprint density at radius 3 is 3.11 bits per heavy atom. The molecule has 5 nitrogen and oxygen atoms in total. The number of aromatic nitrogens is 4. The van der Waals surface area contributed by atoms with Crippen molar-refractivity contribution < 1.29 is 0 Å². The Bertz CT molecular complexity index is 679. The van der Waals surface area contributed by atoms with Crippen molar-refractivity contribution in [3.05, 3.63) is 38.2 Å². The molecule has 0 aliphatic heterocycles. The average molecular weight is 341 g/mol. The summed E-state index contributed by atoms with van der Waals surface area (Å²) >= 11 is 4.99. The molecule has 0 aromatic carbocycles. The fraction of sp³-hybridized carbons (Fsp3) is 0.417. The standard InChI is InChI=1S/C12H13BrN4OS/c1-17-6-14-9(10(17)13)5-19-12-15-8-4-2-3-7(8)11(18)16-12/h6H,2-5H2,1H3,(H,15,16,18). The van der Waals surface area contributed by atoms with Gasteiger partial charge in [-0.15, -0.1) is 0 Å². The first-order chi connectivity index (χ1) is 9.15. The van der Waals surface area contributed by atoms with Crippen LogP contribution in [0.2, 0.25) is 0 Å². The van der Waals surface area contributed by atoms with E-state index in [9.17, 15) is 4.79 Å². The number of halogens is 1. The summed E-state index contributed by atoms with van der Waals surface area (Å²) in [4.78, 5) is 23.6. The second-order valence-electron chi connectivity index (χ2n) is 4.53. The first kappa shape index (κ1) is 12.9. The molecule has 0 atom stereocenters. The molecule has 100 valence electrons. The van der Waals surface area contributed by atoms with Gasteiger partial charge in [-0.05, 0) is 35.2 Å². The fourth-order valence-electron chi connectivity index (χ4n) is 2.18. The van der Waals surface area contributed by atoms with E-state index in [0.717, 1.165) is 40.8 Å². The number of nitrogens with one attached hydrogen (secondary N) is 1. The van der Waals surface area contributed by atoms with Gasteiger partial charge in [0.05, 0.1) is 17.7 Å². The van der Waals surface area contributed by atoms with Crippen LogP contribution in [-0.2, 0) is 25.6 Å². The number of aryl methyl sites for hydroxylation is 2. The van der Waals surface area contributed by atoms with Gasteiger partial charge in [-0.3, -0.25) is 4.79 Å². The number of hydrogen-bond donors (Lipinski definition) is 1. The monoisotopic (exact) mass is 340 g/mol. The lowest BCUT2D eigenvalue weighted by Crippen LogP contribution is -2.14. The van der Waals surface area contributed by atoms with Gasteiger partial charge < -0.3 is 9.55 Å². The molecule has 0 saturated carbocycles. The van der Waals surface area contributed by atoms with Gasteiger partial charge in [-0.1, -0.05) is 11.8 Å². The quantitative estimate of drug-likeness (QED) is 0.686. The molecule has 0 radical (unpaired) electrons. The van der Waals surface area contributed by atoms with Crippen LogP contribution in [-0.4, -0.2) is 19.5 Å². The van der Waals surface area contributed by atoms with Gasteiger partial charge in [-0.25, -0.2) is 9.97 Å². The van der Waals surface area contributed by atoms with Gasteiger partial charge in [0, 0.05) is 18.4 Å². The minimum atomic E-state index is 0.0186. The number of rotatable bonds is 3. The molecule has 1 aliphatic carbocycles. The largest absolute Gasteiger partial charge is 0.328 e. The molecule has 0 saturated heterocycles. The maximum Gasteiger partial charge on any atom is 0.254 e. The minimum absolute atomic E-state index is 0.0186. The topological polar surface area (TPSA) is 63.6 Å².